The van der Waals surface area contributed by atoms with E-state index in [1.165, 1.54) is 77.2 Å². The highest BCUT2D eigenvalue weighted by Gasteiger charge is 2.27. The molecule has 1 N–H and O–H groups in total. The number of hydrogen-bond acceptors (Lipinski definition) is 1. The van der Waals surface area contributed by atoms with E-state index in [1.54, 1.807) is 5.57 Å². The summed E-state index contributed by atoms with van der Waals surface area (Å²) in [4.78, 5) is 0. The van der Waals surface area contributed by atoms with Crippen molar-refractivity contribution in [2.45, 2.75) is 90.5 Å². The third-order valence-electron chi connectivity index (χ3n) is 5.56. The maximum atomic E-state index is 3.88. The van der Waals surface area contributed by atoms with Gasteiger partial charge in [0.25, 0.3) is 0 Å². The Balaban J connectivity index is 1.87. The molecule has 1 unspecified atom stereocenters. The molecule has 20 heavy (non-hydrogen) atoms. The number of hydrogen-bond donors (Lipinski definition) is 1. The third kappa shape index (κ3) is 4.91. The van der Waals surface area contributed by atoms with Crippen LogP contribution < -0.4 is 5.32 Å². The van der Waals surface area contributed by atoms with Crippen molar-refractivity contribution in [1.82, 2.24) is 5.32 Å². The second-order valence-corrected chi connectivity index (χ2v) is 7.06. The van der Waals surface area contributed by atoms with Crippen LogP contribution in [0.2, 0.25) is 0 Å². The van der Waals surface area contributed by atoms with Crippen molar-refractivity contribution in [2.24, 2.45) is 11.8 Å². The summed E-state index contributed by atoms with van der Waals surface area (Å²) in [6, 6.07) is 0.761. The van der Waals surface area contributed by atoms with Crippen molar-refractivity contribution in [1.29, 1.82) is 0 Å². The van der Waals surface area contributed by atoms with Gasteiger partial charge in [-0.15, -0.1) is 0 Å². The summed E-state index contributed by atoms with van der Waals surface area (Å²) >= 11 is 0. The SMILES string of the molecule is CCCNC(CC1=CCCCC1)C1CCC(CC)CC1. The Morgan fingerprint density at radius 2 is 1.95 bits per heavy atom. The summed E-state index contributed by atoms with van der Waals surface area (Å²) in [5, 5.41) is 3.88. The number of rotatable bonds is 7. The molecule has 2 aliphatic rings. The van der Waals surface area contributed by atoms with Crippen LogP contribution in [0.15, 0.2) is 11.6 Å². The third-order valence-corrected chi connectivity index (χ3v) is 5.56. The zero-order valence-electron chi connectivity index (χ0n) is 13.8. The van der Waals surface area contributed by atoms with Crippen LogP contribution >= 0.6 is 0 Å². The van der Waals surface area contributed by atoms with Crippen LogP contribution in [0.25, 0.3) is 0 Å². The molecule has 1 atom stereocenters. The van der Waals surface area contributed by atoms with Crippen molar-refractivity contribution in [2.75, 3.05) is 6.54 Å². The topological polar surface area (TPSA) is 12.0 Å². The van der Waals surface area contributed by atoms with Crippen LogP contribution in [0.3, 0.4) is 0 Å². The maximum Gasteiger partial charge on any atom is 0.0132 e. The molecule has 1 fully saturated rings. The lowest BCUT2D eigenvalue weighted by molar-refractivity contribution is 0.215. The zero-order valence-corrected chi connectivity index (χ0v) is 13.8. The number of nitrogens with one attached hydrogen (secondary N) is 1. The first-order chi connectivity index (χ1) is 9.83. The van der Waals surface area contributed by atoms with Crippen LogP contribution in [0.1, 0.15) is 84.5 Å². The van der Waals surface area contributed by atoms with Crippen LogP contribution in [0.4, 0.5) is 0 Å². The molecule has 0 bridgehead atoms. The molecule has 0 aromatic carbocycles. The monoisotopic (exact) mass is 277 g/mol. The van der Waals surface area contributed by atoms with Gasteiger partial charge >= 0.3 is 0 Å². The van der Waals surface area contributed by atoms with Gasteiger partial charge in [0.1, 0.15) is 0 Å². The van der Waals surface area contributed by atoms with E-state index in [-0.39, 0.29) is 0 Å². The average Bonchev–Trinajstić information content (AvgIpc) is 2.52. The largest absolute Gasteiger partial charge is 0.313 e. The van der Waals surface area contributed by atoms with Gasteiger partial charge in [-0.3, -0.25) is 0 Å². The molecule has 0 aliphatic heterocycles. The Bertz CT molecular complexity index is 286. The lowest BCUT2D eigenvalue weighted by atomic mass is 9.75. The molecule has 1 heteroatoms. The molecule has 1 saturated carbocycles. The molecule has 0 saturated heterocycles. The molecule has 0 aromatic heterocycles. The van der Waals surface area contributed by atoms with Crippen LogP contribution in [0, 0.1) is 11.8 Å². The molecular formula is C19H35N. The Morgan fingerprint density at radius 1 is 1.15 bits per heavy atom. The van der Waals surface area contributed by atoms with Gasteiger partial charge < -0.3 is 5.32 Å². The van der Waals surface area contributed by atoms with Gasteiger partial charge in [-0.05, 0) is 69.7 Å². The highest BCUT2D eigenvalue weighted by atomic mass is 14.9. The highest BCUT2D eigenvalue weighted by molar-refractivity contribution is 5.08. The summed E-state index contributed by atoms with van der Waals surface area (Å²) in [6.45, 7) is 5.86. The fourth-order valence-corrected chi connectivity index (χ4v) is 4.11. The Labute approximate surface area is 126 Å². The van der Waals surface area contributed by atoms with Gasteiger partial charge in [-0.25, -0.2) is 0 Å². The van der Waals surface area contributed by atoms with E-state index in [0.717, 1.165) is 17.9 Å². The number of allylic oxidation sites excluding steroid dienone is 1. The fourth-order valence-electron chi connectivity index (χ4n) is 4.11. The highest BCUT2D eigenvalue weighted by Crippen LogP contribution is 2.35. The molecule has 0 radical (unpaired) electrons. The van der Waals surface area contributed by atoms with E-state index in [1.807, 2.05) is 0 Å². The molecule has 0 spiro atoms. The lowest BCUT2D eigenvalue weighted by Crippen LogP contribution is -2.39. The van der Waals surface area contributed by atoms with Crippen molar-refractivity contribution >= 4 is 0 Å². The molecule has 0 aromatic rings. The molecule has 1 nitrogen and oxygen atoms in total. The van der Waals surface area contributed by atoms with Crippen LogP contribution in [-0.2, 0) is 0 Å². The van der Waals surface area contributed by atoms with E-state index >= 15 is 0 Å². The van der Waals surface area contributed by atoms with Crippen molar-refractivity contribution in [3.63, 3.8) is 0 Å². The minimum atomic E-state index is 0.761. The van der Waals surface area contributed by atoms with Gasteiger partial charge in [0, 0.05) is 6.04 Å². The summed E-state index contributed by atoms with van der Waals surface area (Å²) in [5.41, 5.74) is 1.75. The normalized spacial score (nSPS) is 29.0. The molecule has 2 rings (SSSR count). The van der Waals surface area contributed by atoms with E-state index in [2.05, 4.69) is 25.2 Å². The predicted molar refractivity (Wildman–Crippen MR) is 89.0 cm³/mol. The van der Waals surface area contributed by atoms with E-state index in [0.29, 0.717) is 0 Å². The molecule has 2 aliphatic carbocycles. The summed E-state index contributed by atoms with van der Waals surface area (Å²) < 4.78 is 0. The summed E-state index contributed by atoms with van der Waals surface area (Å²) in [6.07, 6.45) is 18.0. The first kappa shape index (κ1) is 16.1. The van der Waals surface area contributed by atoms with Gasteiger partial charge in [0.05, 0.1) is 0 Å². The Kier molecular flexibility index (Phi) is 7.13. The average molecular weight is 277 g/mol. The van der Waals surface area contributed by atoms with Gasteiger partial charge in [-0.2, -0.15) is 0 Å². The molecule has 116 valence electrons. The lowest BCUT2D eigenvalue weighted by Gasteiger charge is -2.35. The van der Waals surface area contributed by atoms with Crippen LogP contribution in [0.5, 0.6) is 0 Å². The minimum absolute atomic E-state index is 0.761. The van der Waals surface area contributed by atoms with Crippen molar-refractivity contribution in [3.05, 3.63) is 11.6 Å². The van der Waals surface area contributed by atoms with E-state index in [9.17, 15) is 0 Å². The van der Waals surface area contributed by atoms with Gasteiger partial charge in [0.15, 0.2) is 0 Å². The molecular weight excluding hydrogens is 242 g/mol. The van der Waals surface area contributed by atoms with Crippen molar-refractivity contribution in [3.8, 4) is 0 Å². The zero-order chi connectivity index (χ0) is 14.2. The van der Waals surface area contributed by atoms with Gasteiger partial charge in [-0.1, -0.05) is 44.8 Å². The summed E-state index contributed by atoms with van der Waals surface area (Å²) in [7, 11) is 0. The van der Waals surface area contributed by atoms with E-state index < -0.39 is 0 Å². The second kappa shape index (κ2) is 8.87. The van der Waals surface area contributed by atoms with E-state index in [4.69, 9.17) is 0 Å². The minimum Gasteiger partial charge on any atom is -0.313 e. The molecule has 0 amide bonds. The van der Waals surface area contributed by atoms with Crippen LogP contribution in [-0.4, -0.2) is 12.6 Å². The summed E-state index contributed by atoms with van der Waals surface area (Å²) in [5.74, 6) is 1.96. The Morgan fingerprint density at radius 3 is 2.55 bits per heavy atom. The maximum absolute atomic E-state index is 3.88. The van der Waals surface area contributed by atoms with Gasteiger partial charge in [0.2, 0.25) is 0 Å². The molecule has 0 heterocycles. The standard InChI is InChI=1S/C19H35N/c1-3-14-20-19(15-17-8-6-5-7-9-17)18-12-10-16(4-2)11-13-18/h8,16,18-20H,3-7,9-15H2,1-2H3. The smallest absolute Gasteiger partial charge is 0.0132 e. The predicted octanol–water partition coefficient (Wildman–Crippen LogP) is 5.46. The first-order valence-corrected chi connectivity index (χ1v) is 9.24. The quantitative estimate of drug-likeness (QED) is 0.609. The van der Waals surface area contributed by atoms with Crippen molar-refractivity contribution < 1.29 is 0 Å². The Hall–Kier alpha value is -0.300. The first-order valence-electron chi connectivity index (χ1n) is 9.24. The second-order valence-electron chi connectivity index (χ2n) is 7.06. The fraction of sp³-hybridized carbons (Fsp3) is 0.895.